The van der Waals surface area contributed by atoms with Crippen LogP contribution in [0.5, 0.6) is 17.2 Å². The maximum absolute atomic E-state index is 11.7. The molecule has 0 radical (unpaired) electrons. The molecule has 1 heterocycles. The van der Waals surface area contributed by atoms with Gasteiger partial charge >= 0.3 is 11.9 Å². The number of hydrogen-bond acceptors (Lipinski definition) is 7. The summed E-state index contributed by atoms with van der Waals surface area (Å²) < 4.78 is 27.4. The van der Waals surface area contributed by atoms with Gasteiger partial charge in [-0.3, -0.25) is 0 Å². The number of carbonyl (C=O) groups is 2. The number of ether oxygens (including phenoxy) is 5. The first-order valence-electron chi connectivity index (χ1n) is 10.4. The molecule has 0 N–H and O–H groups in total. The Morgan fingerprint density at radius 3 is 2.09 bits per heavy atom. The monoisotopic (exact) mass is 452 g/mol. The van der Waals surface area contributed by atoms with Crippen LogP contribution in [0.1, 0.15) is 13.8 Å². The van der Waals surface area contributed by atoms with Gasteiger partial charge in [0.25, 0.3) is 0 Å². The van der Waals surface area contributed by atoms with Gasteiger partial charge in [-0.1, -0.05) is 31.4 Å². The molecule has 7 nitrogen and oxygen atoms in total. The predicted molar refractivity (Wildman–Crippen MR) is 123 cm³/mol. The van der Waals surface area contributed by atoms with Crippen LogP contribution < -0.4 is 14.2 Å². The Morgan fingerprint density at radius 1 is 0.909 bits per heavy atom. The van der Waals surface area contributed by atoms with Crippen LogP contribution in [0, 0.1) is 5.41 Å². The number of carbonyl (C=O) groups excluding carboxylic acids is 2. The second kappa shape index (κ2) is 10.4. The van der Waals surface area contributed by atoms with Crippen LogP contribution in [0.15, 0.2) is 66.8 Å². The lowest BCUT2D eigenvalue weighted by molar-refractivity contribution is -0.174. The first-order chi connectivity index (χ1) is 15.7. The van der Waals surface area contributed by atoms with Crippen molar-refractivity contribution in [1.82, 2.24) is 0 Å². The molecule has 0 atom stereocenters. The minimum absolute atomic E-state index is 0.196. The third-order valence-electron chi connectivity index (χ3n) is 5.12. The Labute approximate surface area is 193 Å². The third-order valence-corrected chi connectivity index (χ3v) is 5.12. The molecule has 2 aromatic carbocycles. The van der Waals surface area contributed by atoms with Gasteiger partial charge in [-0.2, -0.15) is 0 Å². The van der Waals surface area contributed by atoms with Gasteiger partial charge < -0.3 is 23.7 Å². The number of benzene rings is 2. The predicted octanol–water partition coefficient (Wildman–Crippen LogP) is 4.36. The van der Waals surface area contributed by atoms with Crippen molar-refractivity contribution in [1.29, 1.82) is 0 Å². The minimum Gasteiger partial charge on any atom is -0.493 e. The van der Waals surface area contributed by atoms with E-state index in [9.17, 15) is 9.59 Å². The fourth-order valence-electron chi connectivity index (χ4n) is 3.05. The Hall–Kier alpha value is -3.58. The normalized spacial score (nSPS) is 13.9. The highest BCUT2D eigenvalue weighted by Crippen LogP contribution is 2.36. The van der Waals surface area contributed by atoms with E-state index >= 15 is 0 Å². The second-order valence-corrected chi connectivity index (χ2v) is 8.20. The van der Waals surface area contributed by atoms with Crippen LogP contribution in [-0.4, -0.2) is 45.5 Å². The second-order valence-electron chi connectivity index (χ2n) is 8.20. The van der Waals surface area contributed by atoms with Crippen molar-refractivity contribution in [2.75, 3.05) is 33.5 Å². The molecule has 0 amide bonds. The zero-order chi connectivity index (χ0) is 24.0. The Morgan fingerprint density at radius 2 is 1.55 bits per heavy atom. The molecule has 3 rings (SSSR count). The standard InChI is InChI=1S/C26H28O7/c1-17(2)24(27)32-16-26(13-30-14-26)15-31-22-11-8-20(12-23(22)29-5)19-6-9-21(10-7-19)33-25(28)18(3)4/h6-12H,1,3,13-16H2,2,4-5H3. The molecule has 2 aromatic rings. The van der Waals surface area contributed by atoms with Crippen molar-refractivity contribution in [3.05, 3.63) is 66.8 Å². The molecule has 7 heteroatoms. The molecule has 0 spiro atoms. The molecule has 0 aromatic heterocycles. The summed E-state index contributed by atoms with van der Waals surface area (Å²) in [6, 6.07) is 12.8. The van der Waals surface area contributed by atoms with Crippen LogP contribution in [0.2, 0.25) is 0 Å². The van der Waals surface area contributed by atoms with E-state index in [1.54, 1.807) is 33.1 Å². The largest absolute Gasteiger partial charge is 0.493 e. The average molecular weight is 453 g/mol. The molecule has 0 aliphatic carbocycles. The molecule has 174 valence electrons. The first-order valence-corrected chi connectivity index (χ1v) is 10.4. The number of hydrogen-bond donors (Lipinski definition) is 0. The third kappa shape index (κ3) is 6.02. The van der Waals surface area contributed by atoms with Gasteiger partial charge in [0.2, 0.25) is 0 Å². The maximum atomic E-state index is 11.7. The maximum Gasteiger partial charge on any atom is 0.338 e. The summed E-state index contributed by atoms with van der Waals surface area (Å²) in [6.45, 7) is 11.8. The quantitative estimate of drug-likeness (QED) is 0.301. The lowest BCUT2D eigenvalue weighted by atomic mass is 9.88. The molecule has 1 aliphatic heterocycles. The summed E-state index contributed by atoms with van der Waals surface area (Å²) in [4.78, 5) is 23.4. The summed E-state index contributed by atoms with van der Waals surface area (Å²) in [5, 5.41) is 0. The van der Waals surface area contributed by atoms with E-state index in [0.717, 1.165) is 11.1 Å². The van der Waals surface area contributed by atoms with Gasteiger partial charge in [0.15, 0.2) is 11.5 Å². The van der Waals surface area contributed by atoms with Crippen molar-refractivity contribution in [2.45, 2.75) is 13.8 Å². The summed E-state index contributed by atoms with van der Waals surface area (Å²) in [6.07, 6.45) is 0. The smallest absolute Gasteiger partial charge is 0.338 e. The van der Waals surface area contributed by atoms with E-state index in [-0.39, 0.29) is 6.61 Å². The number of methoxy groups -OCH3 is 1. The van der Waals surface area contributed by atoms with E-state index < -0.39 is 17.4 Å². The van der Waals surface area contributed by atoms with Crippen LogP contribution in [0.25, 0.3) is 11.1 Å². The summed E-state index contributed by atoms with van der Waals surface area (Å²) in [5.74, 6) is 0.697. The first kappa shape index (κ1) is 24.1. The summed E-state index contributed by atoms with van der Waals surface area (Å²) >= 11 is 0. The molecule has 33 heavy (non-hydrogen) atoms. The van der Waals surface area contributed by atoms with Crippen LogP contribution in [0.3, 0.4) is 0 Å². The van der Waals surface area contributed by atoms with Crippen LogP contribution in [0.4, 0.5) is 0 Å². The molecule has 1 aliphatic rings. The molecule has 0 bridgehead atoms. The van der Waals surface area contributed by atoms with E-state index in [1.165, 1.54) is 0 Å². The van der Waals surface area contributed by atoms with Crippen molar-refractivity contribution in [3.63, 3.8) is 0 Å². The Bertz CT molecular complexity index is 1050. The van der Waals surface area contributed by atoms with Gasteiger partial charge in [0.05, 0.1) is 25.7 Å². The fraction of sp³-hybridized carbons (Fsp3) is 0.308. The SMILES string of the molecule is C=C(C)C(=O)OCC1(COc2ccc(-c3ccc(OC(=O)C(=C)C)cc3)cc2OC)COC1. The zero-order valence-electron chi connectivity index (χ0n) is 19.1. The van der Waals surface area contributed by atoms with Crippen molar-refractivity contribution < 1.29 is 33.3 Å². The van der Waals surface area contributed by atoms with Crippen LogP contribution in [-0.2, 0) is 19.1 Å². The van der Waals surface area contributed by atoms with E-state index in [4.69, 9.17) is 23.7 Å². The number of esters is 2. The van der Waals surface area contributed by atoms with Gasteiger partial charge in [0.1, 0.15) is 19.0 Å². The zero-order valence-corrected chi connectivity index (χ0v) is 19.1. The fourth-order valence-corrected chi connectivity index (χ4v) is 3.05. The Kier molecular flexibility index (Phi) is 7.55. The summed E-state index contributed by atoms with van der Waals surface area (Å²) in [7, 11) is 1.57. The minimum atomic E-state index is -0.463. The van der Waals surface area contributed by atoms with E-state index in [1.807, 2.05) is 30.3 Å². The van der Waals surface area contributed by atoms with Gasteiger partial charge in [-0.25, -0.2) is 9.59 Å². The molecule has 0 unspecified atom stereocenters. The lowest BCUT2D eigenvalue weighted by Gasteiger charge is -2.40. The number of rotatable bonds is 10. The highest BCUT2D eigenvalue weighted by molar-refractivity contribution is 5.89. The van der Waals surface area contributed by atoms with Crippen LogP contribution >= 0.6 is 0 Å². The van der Waals surface area contributed by atoms with E-state index in [2.05, 4.69) is 13.2 Å². The van der Waals surface area contributed by atoms with Crippen molar-refractivity contribution in [2.24, 2.45) is 5.41 Å². The Balaban J connectivity index is 1.67. The highest BCUT2D eigenvalue weighted by atomic mass is 16.6. The average Bonchev–Trinajstić information content (AvgIpc) is 2.78. The van der Waals surface area contributed by atoms with Crippen molar-refractivity contribution >= 4 is 11.9 Å². The molecule has 0 saturated carbocycles. The van der Waals surface area contributed by atoms with Crippen molar-refractivity contribution in [3.8, 4) is 28.4 Å². The van der Waals surface area contributed by atoms with Gasteiger partial charge in [-0.05, 0) is 49.2 Å². The highest BCUT2D eigenvalue weighted by Gasteiger charge is 2.41. The molecule has 1 fully saturated rings. The van der Waals surface area contributed by atoms with Gasteiger partial charge in [-0.15, -0.1) is 0 Å². The van der Waals surface area contributed by atoms with E-state index in [0.29, 0.717) is 48.2 Å². The summed E-state index contributed by atoms with van der Waals surface area (Å²) in [5.41, 5.74) is 2.13. The molecular formula is C26H28O7. The van der Waals surface area contributed by atoms with Gasteiger partial charge in [0, 0.05) is 11.1 Å². The molecular weight excluding hydrogens is 424 g/mol. The topological polar surface area (TPSA) is 80.3 Å². The lowest BCUT2D eigenvalue weighted by Crippen LogP contribution is -2.51. The molecule has 1 saturated heterocycles.